The molecule has 0 spiro atoms. The van der Waals surface area contributed by atoms with Crippen molar-refractivity contribution in [3.8, 4) is 0 Å². The highest BCUT2D eigenvalue weighted by molar-refractivity contribution is 5.91. The number of hydrogen-bond donors (Lipinski definition) is 1. The van der Waals surface area contributed by atoms with E-state index in [2.05, 4.69) is 44.5 Å². The van der Waals surface area contributed by atoms with Gasteiger partial charge in [-0.3, -0.25) is 14.8 Å². The van der Waals surface area contributed by atoms with Crippen molar-refractivity contribution in [3.63, 3.8) is 0 Å². The molecule has 5 nitrogen and oxygen atoms in total. The van der Waals surface area contributed by atoms with E-state index in [0.29, 0.717) is 0 Å². The summed E-state index contributed by atoms with van der Waals surface area (Å²) in [7, 11) is 0. The Bertz CT molecular complexity index is 1040. The van der Waals surface area contributed by atoms with Crippen LogP contribution >= 0.6 is 0 Å². The molecule has 2 atom stereocenters. The molecule has 146 valence electrons. The molecule has 1 saturated heterocycles. The minimum absolute atomic E-state index is 0.0361. The van der Waals surface area contributed by atoms with E-state index in [4.69, 9.17) is 0 Å². The third kappa shape index (κ3) is 3.86. The zero-order chi connectivity index (χ0) is 19.6. The van der Waals surface area contributed by atoms with Gasteiger partial charge in [-0.2, -0.15) is 0 Å². The van der Waals surface area contributed by atoms with Gasteiger partial charge >= 0.3 is 0 Å². The Hall–Kier alpha value is -3.21. The molecule has 1 N–H and O–H groups in total. The van der Waals surface area contributed by atoms with Crippen LogP contribution in [0.1, 0.15) is 12.0 Å². The van der Waals surface area contributed by atoms with Gasteiger partial charge in [0.05, 0.1) is 0 Å². The first-order chi connectivity index (χ1) is 14.3. The number of amides is 1. The predicted octanol–water partition coefficient (Wildman–Crippen LogP) is 3.53. The fourth-order valence-electron chi connectivity index (χ4n) is 4.62. The van der Waals surface area contributed by atoms with Crippen LogP contribution in [0.5, 0.6) is 0 Å². The van der Waals surface area contributed by atoms with Crippen molar-refractivity contribution in [2.45, 2.75) is 6.42 Å². The SMILES string of the molecule is O=C(/C=C/c1cccnc1)NCCC1C2CN(c3ccc4ccncc4c3)CC12. The molecule has 1 saturated carbocycles. The van der Waals surface area contributed by atoms with Crippen LogP contribution in [-0.4, -0.2) is 35.5 Å². The van der Waals surface area contributed by atoms with Gasteiger partial charge in [0.25, 0.3) is 0 Å². The number of fused-ring (bicyclic) bond motifs is 2. The van der Waals surface area contributed by atoms with Gasteiger partial charge in [-0.05, 0) is 65.5 Å². The van der Waals surface area contributed by atoms with E-state index in [-0.39, 0.29) is 5.91 Å². The van der Waals surface area contributed by atoms with Crippen LogP contribution in [0.15, 0.2) is 67.3 Å². The Morgan fingerprint density at radius 1 is 1.07 bits per heavy atom. The van der Waals surface area contributed by atoms with Gasteiger partial charge in [-0.15, -0.1) is 0 Å². The van der Waals surface area contributed by atoms with Crippen LogP contribution in [0.2, 0.25) is 0 Å². The standard InChI is InChI=1S/C24H24N4O/c29-24(6-3-17-2-1-9-25-13-17)27-11-8-21-22-15-28(16-23(21)22)20-5-4-18-7-10-26-14-19(18)12-20/h1-7,9-10,12-14,21-23H,8,11,15-16H2,(H,27,29)/b6-3+. The summed E-state index contributed by atoms with van der Waals surface area (Å²) >= 11 is 0. The Balaban J connectivity index is 1.08. The summed E-state index contributed by atoms with van der Waals surface area (Å²) < 4.78 is 0. The van der Waals surface area contributed by atoms with Crippen LogP contribution < -0.4 is 10.2 Å². The number of pyridine rings is 2. The Morgan fingerprint density at radius 2 is 1.93 bits per heavy atom. The fraction of sp³-hybridized carbons (Fsp3) is 0.292. The van der Waals surface area contributed by atoms with E-state index in [1.54, 1.807) is 24.5 Å². The minimum atomic E-state index is -0.0361. The largest absolute Gasteiger partial charge is 0.371 e. The molecule has 1 aliphatic heterocycles. The third-order valence-electron chi connectivity index (χ3n) is 6.25. The average molecular weight is 384 g/mol. The molecule has 1 aliphatic carbocycles. The number of carbonyl (C=O) groups is 1. The Morgan fingerprint density at radius 3 is 2.76 bits per heavy atom. The summed E-state index contributed by atoms with van der Waals surface area (Å²) in [4.78, 5) is 22.7. The van der Waals surface area contributed by atoms with Crippen molar-refractivity contribution >= 4 is 28.4 Å². The van der Waals surface area contributed by atoms with Crippen LogP contribution in [0.25, 0.3) is 16.8 Å². The molecule has 2 fully saturated rings. The molecule has 1 aromatic carbocycles. The van der Waals surface area contributed by atoms with Crippen LogP contribution in [0, 0.1) is 17.8 Å². The molecular formula is C24H24N4O. The number of aromatic nitrogens is 2. The highest BCUT2D eigenvalue weighted by Crippen LogP contribution is 2.54. The summed E-state index contributed by atoms with van der Waals surface area (Å²) in [5, 5.41) is 5.44. The zero-order valence-electron chi connectivity index (χ0n) is 16.2. The van der Waals surface area contributed by atoms with Crippen LogP contribution in [-0.2, 0) is 4.79 Å². The molecule has 0 bridgehead atoms. The molecule has 1 amide bonds. The van der Waals surface area contributed by atoms with Gasteiger partial charge in [0, 0.05) is 61.6 Å². The number of benzene rings is 1. The maximum Gasteiger partial charge on any atom is 0.244 e. The highest BCUT2D eigenvalue weighted by Gasteiger charge is 2.54. The first-order valence-electron chi connectivity index (χ1n) is 10.2. The summed E-state index contributed by atoms with van der Waals surface area (Å²) in [5.74, 6) is 2.24. The molecule has 2 aliphatic rings. The summed E-state index contributed by atoms with van der Waals surface area (Å²) in [6.07, 6.45) is 11.7. The summed E-state index contributed by atoms with van der Waals surface area (Å²) in [6.45, 7) is 2.99. The fourth-order valence-corrected chi connectivity index (χ4v) is 4.62. The molecule has 5 rings (SSSR count). The number of anilines is 1. The third-order valence-corrected chi connectivity index (χ3v) is 6.25. The van der Waals surface area contributed by atoms with E-state index in [0.717, 1.165) is 49.4 Å². The normalized spacial score (nSPS) is 22.8. The van der Waals surface area contributed by atoms with Crippen molar-refractivity contribution in [1.82, 2.24) is 15.3 Å². The number of nitrogens with zero attached hydrogens (tertiary/aromatic N) is 3. The second-order valence-corrected chi connectivity index (χ2v) is 8.00. The van der Waals surface area contributed by atoms with Crippen molar-refractivity contribution in [1.29, 1.82) is 0 Å². The topological polar surface area (TPSA) is 58.1 Å². The lowest BCUT2D eigenvalue weighted by molar-refractivity contribution is -0.116. The maximum atomic E-state index is 12.0. The van der Waals surface area contributed by atoms with Gasteiger partial charge in [-0.1, -0.05) is 12.1 Å². The summed E-state index contributed by atoms with van der Waals surface area (Å²) in [6, 6.07) is 12.5. The Labute approximate surface area is 170 Å². The second kappa shape index (κ2) is 7.66. The van der Waals surface area contributed by atoms with Crippen molar-refractivity contribution in [2.24, 2.45) is 17.8 Å². The number of piperidine rings is 1. The lowest BCUT2D eigenvalue weighted by Crippen LogP contribution is -2.26. The van der Waals surface area contributed by atoms with E-state index in [1.165, 1.54) is 16.5 Å². The summed E-state index contributed by atoms with van der Waals surface area (Å²) in [5.41, 5.74) is 2.23. The molecule has 2 aromatic heterocycles. The predicted molar refractivity (Wildman–Crippen MR) is 115 cm³/mol. The Kier molecular flexibility index (Phi) is 4.72. The number of hydrogen-bond acceptors (Lipinski definition) is 4. The monoisotopic (exact) mass is 384 g/mol. The van der Waals surface area contributed by atoms with Gasteiger partial charge in [-0.25, -0.2) is 0 Å². The van der Waals surface area contributed by atoms with Gasteiger partial charge in [0.15, 0.2) is 0 Å². The van der Waals surface area contributed by atoms with Gasteiger partial charge < -0.3 is 10.2 Å². The lowest BCUT2D eigenvalue weighted by atomic mass is 10.1. The molecule has 5 heteroatoms. The van der Waals surface area contributed by atoms with E-state index >= 15 is 0 Å². The van der Waals surface area contributed by atoms with E-state index < -0.39 is 0 Å². The van der Waals surface area contributed by atoms with E-state index in [9.17, 15) is 4.79 Å². The van der Waals surface area contributed by atoms with Crippen molar-refractivity contribution in [3.05, 3.63) is 72.8 Å². The van der Waals surface area contributed by atoms with Gasteiger partial charge in [0.2, 0.25) is 5.91 Å². The average Bonchev–Trinajstić information content (AvgIpc) is 3.20. The first-order valence-corrected chi connectivity index (χ1v) is 10.2. The zero-order valence-corrected chi connectivity index (χ0v) is 16.2. The number of rotatable bonds is 6. The molecule has 0 radical (unpaired) electrons. The smallest absolute Gasteiger partial charge is 0.244 e. The number of nitrogens with one attached hydrogen (secondary N) is 1. The minimum Gasteiger partial charge on any atom is -0.371 e. The number of carbonyl (C=O) groups excluding carboxylic acids is 1. The maximum absolute atomic E-state index is 12.0. The first kappa shape index (κ1) is 17.9. The van der Waals surface area contributed by atoms with Crippen molar-refractivity contribution in [2.75, 3.05) is 24.5 Å². The lowest BCUT2D eigenvalue weighted by Gasteiger charge is -2.22. The van der Waals surface area contributed by atoms with Crippen LogP contribution in [0.3, 0.4) is 0 Å². The molecule has 29 heavy (non-hydrogen) atoms. The molecular weight excluding hydrogens is 360 g/mol. The molecule has 3 aromatic rings. The van der Waals surface area contributed by atoms with Crippen molar-refractivity contribution < 1.29 is 4.79 Å². The van der Waals surface area contributed by atoms with Crippen LogP contribution in [0.4, 0.5) is 5.69 Å². The second-order valence-electron chi connectivity index (χ2n) is 8.00. The highest BCUT2D eigenvalue weighted by atomic mass is 16.1. The molecule has 2 unspecified atom stereocenters. The van der Waals surface area contributed by atoms with E-state index in [1.807, 2.05) is 24.5 Å². The van der Waals surface area contributed by atoms with Gasteiger partial charge in [0.1, 0.15) is 0 Å². The quantitative estimate of drug-likeness (QED) is 0.661. The molecule has 3 heterocycles.